The maximum atomic E-state index is 13.3. The minimum Gasteiger partial charge on any atom is -0.481 e. The van der Waals surface area contributed by atoms with Crippen LogP contribution in [0.1, 0.15) is 68.6 Å². The number of allylic oxidation sites excluding steroid dienone is 2. The summed E-state index contributed by atoms with van der Waals surface area (Å²) >= 11 is 1.35. The Morgan fingerprint density at radius 3 is 2.34 bits per heavy atom. The molecule has 1 heterocycles. The third kappa shape index (κ3) is 3.84. The number of nitrogens with one attached hydrogen (secondary N) is 1. The number of rotatable bonds is 6. The lowest BCUT2D eigenvalue weighted by atomic mass is 9.79. The fourth-order valence-corrected chi connectivity index (χ4v) is 6.00. The van der Waals surface area contributed by atoms with Crippen LogP contribution < -0.4 is 5.32 Å². The number of carboxylic acids is 1. The number of aliphatic carboxylic acids is 1. The molecule has 4 atom stereocenters. The van der Waals surface area contributed by atoms with Crippen LogP contribution in [-0.2, 0) is 14.3 Å². The van der Waals surface area contributed by atoms with Crippen molar-refractivity contribution in [1.82, 2.24) is 0 Å². The molecule has 1 aromatic rings. The first-order valence-electron chi connectivity index (χ1n) is 10.2. The lowest BCUT2D eigenvalue weighted by molar-refractivity contribution is -0.148. The van der Waals surface area contributed by atoms with Crippen molar-refractivity contribution < 1.29 is 24.2 Å². The lowest BCUT2D eigenvalue weighted by Gasteiger charge is -2.26. The summed E-state index contributed by atoms with van der Waals surface area (Å²) in [4.78, 5) is 38.6. The molecule has 0 saturated heterocycles. The summed E-state index contributed by atoms with van der Waals surface area (Å²) in [7, 11) is 0. The number of hydrogen-bond donors (Lipinski definition) is 2. The van der Waals surface area contributed by atoms with E-state index in [0.29, 0.717) is 10.6 Å². The number of thiophene rings is 1. The number of carbonyl (C=O) groups is 3. The van der Waals surface area contributed by atoms with Crippen molar-refractivity contribution in [2.45, 2.75) is 53.4 Å². The predicted molar refractivity (Wildman–Crippen MR) is 112 cm³/mol. The van der Waals surface area contributed by atoms with Gasteiger partial charge in [-0.2, -0.15) is 0 Å². The van der Waals surface area contributed by atoms with Gasteiger partial charge in [-0.15, -0.1) is 11.3 Å². The van der Waals surface area contributed by atoms with Crippen LogP contribution in [0.4, 0.5) is 5.00 Å². The van der Waals surface area contributed by atoms with Gasteiger partial charge in [0.05, 0.1) is 24.0 Å². The molecule has 0 aromatic carbocycles. The normalized spacial score (nSPS) is 25.4. The molecule has 6 nitrogen and oxygen atoms in total. The lowest BCUT2D eigenvalue weighted by Crippen LogP contribution is -2.37. The number of esters is 1. The molecule has 2 saturated carbocycles. The second-order valence-electron chi connectivity index (χ2n) is 8.39. The van der Waals surface area contributed by atoms with Crippen molar-refractivity contribution in [2.75, 3.05) is 11.9 Å². The Balaban J connectivity index is 1.93. The first kappa shape index (κ1) is 21.6. The molecule has 1 aromatic heterocycles. The fourth-order valence-electron chi connectivity index (χ4n) is 4.95. The molecule has 158 valence electrons. The Morgan fingerprint density at radius 1 is 1.21 bits per heavy atom. The van der Waals surface area contributed by atoms with Crippen LogP contribution in [0.25, 0.3) is 0 Å². The van der Waals surface area contributed by atoms with E-state index in [0.717, 1.165) is 28.9 Å². The Labute approximate surface area is 175 Å². The number of anilines is 1. The van der Waals surface area contributed by atoms with Crippen LogP contribution in [0.15, 0.2) is 17.2 Å². The van der Waals surface area contributed by atoms with Gasteiger partial charge in [-0.1, -0.05) is 25.0 Å². The van der Waals surface area contributed by atoms with Gasteiger partial charge >= 0.3 is 11.9 Å². The molecule has 0 unspecified atom stereocenters. The molecule has 1 amide bonds. The number of amides is 1. The first-order chi connectivity index (χ1) is 13.7. The largest absolute Gasteiger partial charge is 0.481 e. The van der Waals surface area contributed by atoms with E-state index in [1.54, 1.807) is 13.0 Å². The maximum Gasteiger partial charge on any atom is 0.341 e. The molecule has 2 bridgehead atoms. The number of fused-ring (bicyclic) bond motifs is 2. The Hall–Kier alpha value is -2.15. The van der Waals surface area contributed by atoms with E-state index in [4.69, 9.17) is 4.74 Å². The zero-order chi connectivity index (χ0) is 21.5. The number of ether oxygens (including phenoxy) is 1. The van der Waals surface area contributed by atoms with Crippen LogP contribution in [0.2, 0.25) is 0 Å². The molecule has 2 aliphatic rings. The zero-order valence-corrected chi connectivity index (χ0v) is 18.4. The van der Waals surface area contributed by atoms with Crippen LogP contribution in [0, 0.1) is 23.7 Å². The van der Waals surface area contributed by atoms with Gasteiger partial charge in [-0.25, -0.2) is 4.79 Å². The van der Waals surface area contributed by atoms with E-state index in [1.807, 2.05) is 27.7 Å². The summed E-state index contributed by atoms with van der Waals surface area (Å²) < 4.78 is 5.14. The average molecular weight is 420 g/mol. The highest BCUT2D eigenvalue weighted by Crippen LogP contribution is 2.57. The van der Waals surface area contributed by atoms with Crippen molar-refractivity contribution in [1.29, 1.82) is 0 Å². The van der Waals surface area contributed by atoms with Gasteiger partial charge in [0.1, 0.15) is 5.00 Å². The third-order valence-corrected chi connectivity index (χ3v) is 7.41. The fraction of sp³-hybridized carbons (Fsp3) is 0.591. The summed E-state index contributed by atoms with van der Waals surface area (Å²) in [6.07, 6.45) is 1.65. The second-order valence-corrected chi connectivity index (χ2v) is 9.48. The van der Waals surface area contributed by atoms with Gasteiger partial charge < -0.3 is 15.2 Å². The van der Waals surface area contributed by atoms with E-state index < -0.39 is 23.8 Å². The van der Waals surface area contributed by atoms with Gasteiger partial charge in [0.25, 0.3) is 0 Å². The average Bonchev–Trinajstić information content (AvgIpc) is 3.32. The van der Waals surface area contributed by atoms with Gasteiger partial charge in [-0.05, 0) is 57.4 Å². The number of hydrogen-bond acceptors (Lipinski definition) is 5. The molecule has 0 spiro atoms. The van der Waals surface area contributed by atoms with E-state index in [-0.39, 0.29) is 30.3 Å². The van der Waals surface area contributed by atoms with Crippen molar-refractivity contribution >= 4 is 34.2 Å². The standard InChI is InChI=1S/C22H29NO5S/c1-6-28-22(27)14-9-15(10(2)3)29-20(14)23-19(24)17-12-7-8-13(16(12)11(4)5)18(17)21(25)26/h9-10,12-13,17-18H,6-8H2,1-5H3,(H,23,24)(H,25,26)/t12-,13-,17-,18-/m0/s1. The quantitative estimate of drug-likeness (QED) is 0.516. The molecule has 0 radical (unpaired) electrons. The molecule has 2 aliphatic carbocycles. The first-order valence-corrected chi connectivity index (χ1v) is 11.0. The molecule has 2 N–H and O–H groups in total. The van der Waals surface area contributed by atoms with Crippen molar-refractivity contribution in [3.8, 4) is 0 Å². The summed E-state index contributed by atoms with van der Waals surface area (Å²) in [5, 5.41) is 13.2. The Morgan fingerprint density at radius 2 is 1.83 bits per heavy atom. The van der Waals surface area contributed by atoms with Crippen LogP contribution in [0.3, 0.4) is 0 Å². The van der Waals surface area contributed by atoms with Crippen LogP contribution in [0.5, 0.6) is 0 Å². The highest BCUT2D eigenvalue weighted by molar-refractivity contribution is 7.16. The molecule has 2 fully saturated rings. The number of carboxylic acid groups (broad SMARTS) is 1. The highest BCUT2D eigenvalue weighted by Gasteiger charge is 2.57. The second kappa shape index (κ2) is 8.30. The minimum absolute atomic E-state index is 0.0401. The highest BCUT2D eigenvalue weighted by atomic mass is 32.1. The van der Waals surface area contributed by atoms with E-state index in [1.165, 1.54) is 11.3 Å². The molecular formula is C22H29NO5S. The topological polar surface area (TPSA) is 92.7 Å². The van der Waals surface area contributed by atoms with Crippen LogP contribution in [-0.4, -0.2) is 29.6 Å². The van der Waals surface area contributed by atoms with Crippen molar-refractivity contribution in [2.24, 2.45) is 23.7 Å². The number of carbonyl (C=O) groups excluding carboxylic acids is 2. The maximum absolute atomic E-state index is 13.3. The summed E-state index contributed by atoms with van der Waals surface area (Å²) in [5.41, 5.74) is 2.59. The van der Waals surface area contributed by atoms with Crippen molar-refractivity contribution in [3.05, 3.63) is 27.7 Å². The zero-order valence-electron chi connectivity index (χ0n) is 17.6. The molecule has 0 aliphatic heterocycles. The predicted octanol–water partition coefficient (Wildman–Crippen LogP) is 4.68. The van der Waals surface area contributed by atoms with E-state index >= 15 is 0 Å². The molecule has 3 rings (SSSR count). The molecule has 7 heteroatoms. The smallest absolute Gasteiger partial charge is 0.341 e. The summed E-state index contributed by atoms with van der Waals surface area (Å²) in [6.45, 7) is 10.0. The van der Waals surface area contributed by atoms with Gasteiger partial charge in [-0.3, -0.25) is 9.59 Å². The summed E-state index contributed by atoms with van der Waals surface area (Å²) in [6, 6.07) is 1.76. The SMILES string of the molecule is CCOC(=O)c1cc(C(C)C)sc1NC(=O)[C@@H]1[C@@H](C(=O)O)[C@H]2CC[C@H]1C2=C(C)C. The minimum atomic E-state index is -0.921. The molecule has 29 heavy (non-hydrogen) atoms. The van der Waals surface area contributed by atoms with Crippen molar-refractivity contribution in [3.63, 3.8) is 0 Å². The summed E-state index contributed by atoms with van der Waals surface area (Å²) in [5.74, 6) is -2.95. The monoisotopic (exact) mass is 419 g/mol. The van der Waals surface area contributed by atoms with Gasteiger partial charge in [0, 0.05) is 4.88 Å². The molecular weight excluding hydrogens is 390 g/mol. The van der Waals surface area contributed by atoms with Crippen LogP contribution >= 0.6 is 11.3 Å². The Bertz CT molecular complexity index is 865. The van der Waals surface area contributed by atoms with Gasteiger partial charge in [0.2, 0.25) is 5.91 Å². The van der Waals surface area contributed by atoms with E-state index in [9.17, 15) is 19.5 Å². The van der Waals surface area contributed by atoms with E-state index in [2.05, 4.69) is 5.32 Å². The van der Waals surface area contributed by atoms with Gasteiger partial charge in [0.15, 0.2) is 0 Å². The Kier molecular flexibility index (Phi) is 6.17. The third-order valence-electron chi connectivity index (χ3n) is 6.06.